The number of nitrogens with zero attached hydrogens (tertiary/aromatic N) is 3. The molecule has 0 aliphatic heterocycles. The summed E-state index contributed by atoms with van der Waals surface area (Å²) in [5.74, 6) is 0.610. The molecule has 0 atom stereocenters. The van der Waals surface area contributed by atoms with Gasteiger partial charge in [-0.2, -0.15) is 0 Å². The Bertz CT molecular complexity index is 648. The van der Waals surface area contributed by atoms with E-state index >= 15 is 0 Å². The van der Waals surface area contributed by atoms with Crippen LogP contribution >= 0.6 is 11.6 Å². The summed E-state index contributed by atoms with van der Waals surface area (Å²) >= 11 is 5.92. The molecule has 0 spiro atoms. The van der Waals surface area contributed by atoms with Gasteiger partial charge in [0.2, 0.25) is 5.88 Å². The van der Waals surface area contributed by atoms with Crippen LogP contribution in [0.2, 0.25) is 5.02 Å². The number of hydrogen-bond donors (Lipinski definition) is 1. The van der Waals surface area contributed by atoms with Crippen molar-refractivity contribution in [1.29, 1.82) is 0 Å². The highest BCUT2D eigenvalue weighted by molar-refractivity contribution is 6.32. The first-order chi connectivity index (χ1) is 8.99. The molecule has 98 valence electrons. The largest absolute Gasteiger partial charge is 0.437 e. The molecule has 0 aliphatic rings. The summed E-state index contributed by atoms with van der Waals surface area (Å²) < 4.78 is 5.44. The molecule has 0 bridgehead atoms. The maximum Gasteiger partial charge on any atom is 0.273 e. The average Bonchev–Trinajstić information content (AvgIpc) is 2.37. The van der Waals surface area contributed by atoms with Crippen molar-refractivity contribution in [2.24, 2.45) is 0 Å². The number of hydrogen-bond acceptors (Lipinski definition) is 6. The molecule has 0 saturated carbocycles. The van der Waals surface area contributed by atoms with Gasteiger partial charge in [-0.25, -0.2) is 9.97 Å². The second kappa shape index (κ2) is 5.07. The quantitative estimate of drug-likeness (QED) is 0.684. The van der Waals surface area contributed by atoms with E-state index in [1.165, 1.54) is 24.5 Å². The molecule has 1 heterocycles. The lowest BCUT2D eigenvalue weighted by atomic mass is 10.3. The van der Waals surface area contributed by atoms with E-state index < -0.39 is 4.92 Å². The average molecular weight is 281 g/mol. The van der Waals surface area contributed by atoms with Gasteiger partial charge in [0.15, 0.2) is 5.75 Å². The summed E-state index contributed by atoms with van der Waals surface area (Å²) in [6.07, 6.45) is 1.24. The van der Waals surface area contributed by atoms with Crippen LogP contribution in [-0.4, -0.2) is 14.9 Å². The summed E-state index contributed by atoms with van der Waals surface area (Å²) in [6, 6.07) is 3.89. The molecular weight excluding hydrogens is 272 g/mol. The molecule has 0 fully saturated rings. The van der Waals surface area contributed by atoms with E-state index in [9.17, 15) is 10.1 Å². The highest BCUT2D eigenvalue weighted by atomic mass is 35.5. The summed E-state index contributed by atoms with van der Waals surface area (Å²) in [5, 5.41) is 10.9. The topological polar surface area (TPSA) is 104 Å². The fraction of sp³-hybridized carbons (Fsp3) is 0.0909. The number of benzene rings is 1. The first-order valence-electron chi connectivity index (χ1n) is 5.18. The molecular formula is C11H9ClN4O3. The monoisotopic (exact) mass is 280 g/mol. The van der Waals surface area contributed by atoms with E-state index in [2.05, 4.69) is 9.97 Å². The lowest BCUT2D eigenvalue weighted by Crippen LogP contribution is -1.99. The van der Waals surface area contributed by atoms with Crippen LogP contribution in [-0.2, 0) is 0 Å². The molecule has 2 aromatic rings. The molecule has 19 heavy (non-hydrogen) atoms. The highest BCUT2D eigenvalue weighted by Gasteiger charge is 2.14. The Morgan fingerprint density at radius 1 is 1.42 bits per heavy atom. The van der Waals surface area contributed by atoms with Crippen molar-refractivity contribution in [3.63, 3.8) is 0 Å². The Morgan fingerprint density at radius 3 is 2.84 bits per heavy atom. The third-order valence-electron chi connectivity index (χ3n) is 2.41. The molecule has 0 saturated heterocycles. The van der Waals surface area contributed by atoms with Gasteiger partial charge in [-0.05, 0) is 13.0 Å². The van der Waals surface area contributed by atoms with E-state index in [1.54, 1.807) is 6.92 Å². The van der Waals surface area contributed by atoms with Crippen molar-refractivity contribution >= 4 is 23.1 Å². The second-order valence-corrected chi connectivity index (χ2v) is 4.07. The van der Waals surface area contributed by atoms with E-state index in [0.717, 1.165) is 0 Å². The number of nitro benzene ring substituents is 1. The molecule has 8 heteroatoms. The van der Waals surface area contributed by atoms with Crippen molar-refractivity contribution in [3.8, 4) is 11.6 Å². The van der Waals surface area contributed by atoms with Gasteiger partial charge in [0.25, 0.3) is 5.69 Å². The van der Waals surface area contributed by atoms with Gasteiger partial charge < -0.3 is 10.5 Å². The molecule has 0 aliphatic carbocycles. The van der Waals surface area contributed by atoms with Crippen molar-refractivity contribution < 1.29 is 9.66 Å². The zero-order valence-corrected chi connectivity index (χ0v) is 10.6. The molecule has 1 aromatic carbocycles. The van der Waals surface area contributed by atoms with Gasteiger partial charge in [0.05, 0.1) is 21.6 Å². The number of halogens is 1. The maximum atomic E-state index is 10.7. The molecule has 2 rings (SSSR count). The zero-order valence-electron chi connectivity index (χ0n) is 9.83. The molecule has 0 unspecified atom stereocenters. The van der Waals surface area contributed by atoms with Crippen molar-refractivity contribution in [2.75, 3.05) is 5.73 Å². The van der Waals surface area contributed by atoms with Gasteiger partial charge in [0.1, 0.15) is 12.1 Å². The standard InChI is InChI=1S/C11H9ClN4O3/c1-6-10(13)14-5-15-11(6)19-9-4-7(16(17)18)2-3-8(9)12/h2-5H,1H3,(H2,13,14,15). The van der Waals surface area contributed by atoms with Crippen LogP contribution in [0.4, 0.5) is 11.5 Å². The van der Waals surface area contributed by atoms with Crippen LogP contribution in [0.1, 0.15) is 5.56 Å². The third-order valence-corrected chi connectivity index (χ3v) is 2.72. The number of nitrogen functional groups attached to an aromatic ring is 1. The number of rotatable bonds is 3. The van der Waals surface area contributed by atoms with Crippen LogP contribution in [0.5, 0.6) is 11.6 Å². The van der Waals surface area contributed by atoms with Gasteiger partial charge in [-0.15, -0.1) is 0 Å². The minimum Gasteiger partial charge on any atom is -0.437 e. The van der Waals surface area contributed by atoms with Crippen molar-refractivity contribution in [2.45, 2.75) is 6.92 Å². The lowest BCUT2D eigenvalue weighted by molar-refractivity contribution is -0.384. The van der Waals surface area contributed by atoms with E-state index in [0.29, 0.717) is 5.56 Å². The Labute approximate surface area is 113 Å². The number of aromatic nitrogens is 2. The summed E-state index contributed by atoms with van der Waals surface area (Å²) in [5.41, 5.74) is 6.02. The minimum absolute atomic E-state index is 0.126. The first kappa shape index (κ1) is 13.0. The van der Waals surface area contributed by atoms with Crippen LogP contribution < -0.4 is 10.5 Å². The first-order valence-corrected chi connectivity index (χ1v) is 5.55. The second-order valence-electron chi connectivity index (χ2n) is 3.66. The molecule has 0 radical (unpaired) electrons. The van der Waals surface area contributed by atoms with E-state index in [1.807, 2.05) is 0 Å². The van der Waals surface area contributed by atoms with E-state index in [-0.39, 0.29) is 28.2 Å². The zero-order chi connectivity index (χ0) is 14.0. The van der Waals surface area contributed by atoms with Crippen LogP contribution in [0, 0.1) is 17.0 Å². The van der Waals surface area contributed by atoms with Gasteiger partial charge >= 0.3 is 0 Å². The summed E-state index contributed by atoms with van der Waals surface area (Å²) in [7, 11) is 0. The van der Waals surface area contributed by atoms with Crippen LogP contribution in [0.3, 0.4) is 0 Å². The molecule has 1 aromatic heterocycles. The Balaban J connectivity index is 2.40. The smallest absolute Gasteiger partial charge is 0.273 e. The normalized spacial score (nSPS) is 10.2. The fourth-order valence-electron chi connectivity index (χ4n) is 1.34. The Hall–Kier alpha value is -2.41. The number of nitro groups is 1. The van der Waals surface area contributed by atoms with Gasteiger partial charge in [-0.3, -0.25) is 10.1 Å². The molecule has 0 amide bonds. The predicted octanol–water partition coefficient (Wildman–Crippen LogP) is 2.72. The lowest BCUT2D eigenvalue weighted by Gasteiger charge is -2.09. The predicted molar refractivity (Wildman–Crippen MR) is 69.4 cm³/mol. The summed E-state index contributed by atoms with van der Waals surface area (Å²) in [4.78, 5) is 17.9. The number of ether oxygens (including phenoxy) is 1. The van der Waals surface area contributed by atoms with Crippen LogP contribution in [0.15, 0.2) is 24.5 Å². The third kappa shape index (κ3) is 2.71. The number of anilines is 1. The van der Waals surface area contributed by atoms with Crippen molar-refractivity contribution in [3.05, 3.63) is 45.2 Å². The Kier molecular flexibility index (Phi) is 3.48. The van der Waals surface area contributed by atoms with Gasteiger partial charge in [-0.1, -0.05) is 11.6 Å². The molecule has 7 nitrogen and oxygen atoms in total. The minimum atomic E-state index is -0.537. The van der Waals surface area contributed by atoms with Crippen molar-refractivity contribution in [1.82, 2.24) is 9.97 Å². The SMILES string of the molecule is Cc1c(N)ncnc1Oc1cc([N+](=O)[O-])ccc1Cl. The maximum absolute atomic E-state index is 10.7. The van der Waals surface area contributed by atoms with Gasteiger partial charge in [0, 0.05) is 6.07 Å². The van der Waals surface area contributed by atoms with E-state index in [4.69, 9.17) is 22.1 Å². The summed E-state index contributed by atoms with van der Waals surface area (Å²) in [6.45, 7) is 1.68. The number of nitrogens with two attached hydrogens (primary N) is 1. The number of non-ortho nitro benzene ring substituents is 1. The van der Waals surface area contributed by atoms with Crippen LogP contribution in [0.25, 0.3) is 0 Å². The molecule has 2 N–H and O–H groups in total. The Morgan fingerprint density at radius 2 is 2.16 bits per heavy atom. The fourth-order valence-corrected chi connectivity index (χ4v) is 1.49. The highest BCUT2D eigenvalue weighted by Crippen LogP contribution is 2.33.